The number of benzene rings is 2. The normalized spacial score (nSPS) is 14.4. The van der Waals surface area contributed by atoms with Crippen molar-refractivity contribution >= 4 is 39.8 Å². The van der Waals surface area contributed by atoms with E-state index < -0.39 is 0 Å². The number of rotatable bonds is 2. The molecule has 3 aromatic rings. The molecule has 144 valence electrons. The molecule has 6 nitrogen and oxygen atoms in total. The molecule has 28 heavy (non-hydrogen) atoms. The van der Waals surface area contributed by atoms with Crippen molar-refractivity contribution in [2.24, 2.45) is 7.05 Å². The van der Waals surface area contributed by atoms with E-state index in [0.29, 0.717) is 29.2 Å². The minimum absolute atomic E-state index is 0.0799. The Bertz CT molecular complexity index is 1090. The Morgan fingerprint density at radius 3 is 2.43 bits per heavy atom. The molecular weight excluding hydrogens is 376 g/mol. The van der Waals surface area contributed by atoms with Gasteiger partial charge in [-0.05, 0) is 24.3 Å². The van der Waals surface area contributed by atoms with Gasteiger partial charge in [-0.25, -0.2) is 4.79 Å². The van der Waals surface area contributed by atoms with Crippen molar-refractivity contribution in [3.63, 3.8) is 0 Å². The molecule has 0 aliphatic carbocycles. The number of carbonyl (C=O) groups is 1. The topological polar surface area (TPSA) is 57.6 Å². The Morgan fingerprint density at radius 2 is 1.71 bits per heavy atom. The van der Waals surface area contributed by atoms with Gasteiger partial charge < -0.3 is 19.7 Å². The average molecular weight is 397 g/mol. The molecule has 0 saturated carbocycles. The van der Waals surface area contributed by atoms with Crippen LogP contribution in [0.2, 0.25) is 5.02 Å². The molecule has 4 rings (SSSR count). The summed E-state index contributed by atoms with van der Waals surface area (Å²) >= 11 is 6.08. The molecule has 1 N–H and O–H groups in total. The zero-order chi connectivity index (χ0) is 19.7. The number of amides is 2. The lowest BCUT2D eigenvalue weighted by Gasteiger charge is -2.36. The zero-order valence-corrected chi connectivity index (χ0v) is 16.3. The number of halogens is 1. The van der Waals surface area contributed by atoms with Crippen molar-refractivity contribution in [2.45, 2.75) is 0 Å². The van der Waals surface area contributed by atoms with Crippen molar-refractivity contribution < 1.29 is 4.79 Å². The van der Waals surface area contributed by atoms with Crippen LogP contribution in [0.25, 0.3) is 10.8 Å². The van der Waals surface area contributed by atoms with E-state index in [1.54, 1.807) is 24.2 Å². The van der Waals surface area contributed by atoms with Gasteiger partial charge in [-0.15, -0.1) is 0 Å². The van der Waals surface area contributed by atoms with Crippen LogP contribution in [0.15, 0.2) is 59.5 Å². The summed E-state index contributed by atoms with van der Waals surface area (Å²) in [4.78, 5) is 29.1. The van der Waals surface area contributed by atoms with Gasteiger partial charge in [-0.1, -0.05) is 35.9 Å². The van der Waals surface area contributed by atoms with Crippen LogP contribution in [-0.4, -0.2) is 41.7 Å². The van der Waals surface area contributed by atoms with E-state index in [4.69, 9.17) is 11.6 Å². The number of hydrogen-bond donors (Lipinski definition) is 1. The van der Waals surface area contributed by atoms with Crippen LogP contribution >= 0.6 is 11.6 Å². The summed E-state index contributed by atoms with van der Waals surface area (Å²) in [5, 5.41) is 5.02. The van der Waals surface area contributed by atoms with Crippen molar-refractivity contribution in [1.82, 2.24) is 9.47 Å². The number of hydrogen-bond acceptors (Lipinski definition) is 3. The van der Waals surface area contributed by atoms with Crippen LogP contribution in [0.4, 0.5) is 16.2 Å². The molecule has 0 radical (unpaired) electrons. The first-order valence-electron chi connectivity index (χ1n) is 9.18. The second kappa shape index (κ2) is 7.56. The minimum atomic E-state index is -0.158. The van der Waals surface area contributed by atoms with Crippen molar-refractivity contribution in [3.8, 4) is 0 Å². The molecule has 2 amide bonds. The molecule has 2 aromatic carbocycles. The predicted molar refractivity (Wildman–Crippen MR) is 113 cm³/mol. The summed E-state index contributed by atoms with van der Waals surface area (Å²) in [5.74, 6) is 0. The molecule has 0 bridgehead atoms. The standard InChI is InChI=1S/C21H21ClN4O2/c1-24-14-19(17-7-2-3-8-18(17)20(24)27)23-21(28)26-11-9-25(10-12-26)16-6-4-5-15(22)13-16/h2-8,13-14H,9-12H2,1H3,(H,23,28). The number of carbonyl (C=O) groups excluding carboxylic acids is 1. The van der Waals surface area contributed by atoms with E-state index in [-0.39, 0.29) is 11.6 Å². The zero-order valence-electron chi connectivity index (χ0n) is 15.6. The van der Waals surface area contributed by atoms with Crippen molar-refractivity contribution in [2.75, 3.05) is 36.4 Å². The van der Waals surface area contributed by atoms with E-state index in [9.17, 15) is 9.59 Å². The largest absolute Gasteiger partial charge is 0.368 e. The molecule has 0 spiro atoms. The summed E-state index contributed by atoms with van der Waals surface area (Å²) in [6, 6.07) is 14.9. The monoisotopic (exact) mass is 396 g/mol. The van der Waals surface area contributed by atoms with Crippen LogP contribution in [-0.2, 0) is 7.05 Å². The van der Waals surface area contributed by atoms with Gasteiger partial charge in [0, 0.05) is 60.9 Å². The van der Waals surface area contributed by atoms with Gasteiger partial charge in [-0.3, -0.25) is 4.79 Å². The Hall–Kier alpha value is -2.99. The maximum absolute atomic E-state index is 12.8. The molecule has 1 aromatic heterocycles. The molecule has 0 unspecified atom stereocenters. The highest BCUT2D eigenvalue weighted by molar-refractivity contribution is 6.30. The third-order valence-corrected chi connectivity index (χ3v) is 5.31. The van der Waals surface area contributed by atoms with Crippen LogP contribution in [0, 0.1) is 0 Å². The fourth-order valence-corrected chi connectivity index (χ4v) is 3.74. The number of fused-ring (bicyclic) bond motifs is 1. The molecule has 7 heteroatoms. The van der Waals surface area contributed by atoms with E-state index in [2.05, 4.69) is 10.2 Å². The number of nitrogens with one attached hydrogen (secondary N) is 1. The minimum Gasteiger partial charge on any atom is -0.368 e. The van der Waals surface area contributed by atoms with Gasteiger partial charge in [-0.2, -0.15) is 0 Å². The molecule has 1 fully saturated rings. The summed E-state index contributed by atoms with van der Waals surface area (Å²) in [6.07, 6.45) is 1.67. The quantitative estimate of drug-likeness (QED) is 0.720. The molecule has 2 heterocycles. The first kappa shape index (κ1) is 18.4. The Labute approximate surface area is 167 Å². The molecule has 1 aliphatic rings. The Kier molecular flexibility index (Phi) is 4.96. The van der Waals surface area contributed by atoms with Crippen molar-refractivity contribution in [1.29, 1.82) is 0 Å². The summed E-state index contributed by atoms with van der Waals surface area (Å²) < 4.78 is 1.50. The number of aromatic nitrogens is 1. The highest BCUT2D eigenvalue weighted by Gasteiger charge is 2.22. The van der Waals surface area contributed by atoms with E-state index >= 15 is 0 Å². The van der Waals surface area contributed by atoms with Crippen LogP contribution < -0.4 is 15.8 Å². The predicted octanol–water partition coefficient (Wildman–Crippen LogP) is 3.55. The fraction of sp³-hybridized carbons (Fsp3) is 0.238. The van der Waals surface area contributed by atoms with E-state index in [0.717, 1.165) is 24.2 Å². The SMILES string of the molecule is Cn1cc(NC(=O)N2CCN(c3cccc(Cl)c3)CC2)c2ccccc2c1=O. The van der Waals surface area contributed by atoms with Gasteiger partial charge in [0.15, 0.2) is 0 Å². The van der Waals surface area contributed by atoms with Gasteiger partial charge >= 0.3 is 6.03 Å². The molecule has 1 saturated heterocycles. The van der Waals surface area contributed by atoms with E-state index in [1.807, 2.05) is 42.5 Å². The third kappa shape index (κ3) is 3.55. The third-order valence-electron chi connectivity index (χ3n) is 5.07. The smallest absolute Gasteiger partial charge is 0.322 e. The lowest BCUT2D eigenvalue weighted by atomic mass is 10.1. The lowest BCUT2D eigenvalue weighted by Crippen LogP contribution is -2.50. The van der Waals surface area contributed by atoms with Crippen LogP contribution in [0.3, 0.4) is 0 Å². The highest BCUT2D eigenvalue weighted by Crippen LogP contribution is 2.23. The average Bonchev–Trinajstić information content (AvgIpc) is 2.72. The van der Waals surface area contributed by atoms with Crippen molar-refractivity contribution in [3.05, 3.63) is 70.1 Å². The maximum Gasteiger partial charge on any atom is 0.322 e. The van der Waals surface area contributed by atoms with Crippen LogP contribution in [0.1, 0.15) is 0 Å². The van der Waals surface area contributed by atoms with Crippen LogP contribution in [0.5, 0.6) is 0 Å². The lowest BCUT2D eigenvalue weighted by molar-refractivity contribution is 0.208. The molecule has 1 aliphatic heterocycles. The van der Waals surface area contributed by atoms with Gasteiger partial charge in [0.05, 0.1) is 5.69 Å². The number of nitrogens with zero attached hydrogens (tertiary/aromatic N) is 3. The summed E-state index contributed by atoms with van der Waals surface area (Å²) in [7, 11) is 1.69. The molecule has 0 atom stereocenters. The summed E-state index contributed by atoms with van der Waals surface area (Å²) in [6.45, 7) is 2.70. The second-order valence-corrected chi connectivity index (χ2v) is 7.32. The highest BCUT2D eigenvalue weighted by atomic mass is 35.5. The second-order valence-electron chi connectivity index (χ2n) is 6.89. The van der Waals surface area contributed by atoms with Gasteiger partial charge in [0.2, 0.25) is 0 Å². The number of pyridine rings is 1. The first-order valence-corrected chi connectivity index (χ1v) is 9.55. The first-order chi connectivity index (χ1) is 13.5. The number of urea groups is 1. The van der Waals surface area contributed by atoms with E-state index in [1.165, 1.54) is 4.57 Å². The molecular formula is C21H21ClN4O2. The Morgan fingerprint density at radius 1 is 1.00 bits per heavy atom. The summed E-state index contributed by atoms with van der Waals surface area (Å²) in [5.41, 5.74) is 1.63. The fourth-order valence-electron chi connectivity index (χ4n) is 3.55. The maximum atomic E-state index is 12.8. The Balaban J connectivity index is 1.48. The van der Waals surface area contributed by atoms with Gasteiger partial charge in [0.1, 0.15) is 0 Å². The number of aryl methyl sites for hydroxylation is 1. The number of piperazine rings is 1. The van der Waals surface area contributed by atoms with Gasteiger partial charge in [0.25, 0.3) is 5.56 Å². The number of anilines is 2.